The molecule has 0 aliphatic rings. The molecule has 0 atom stereocenters. The van der Waals surface area contributed by atoms with Crippen molar-refractivity contribution in [1.29, 1.82) is 5.26 Å². The van der Waals surface area contributed by atoms with Gasteiger partial charge < -0.3 is 16.0 Å². The minimum absolute atomic E-state index is 0.114. The molecule has 5 nitrogen and oxygen atoms in total. The SMILES string of the molecule is CN(CC(C)(C)CN)C(=O)Nc1ccc(C#N)cc1. The van der Waals surface area contributed by atoms with Gasteiger partial charge in [0.2, 0.25) is 0 Å². The number of hydrogen-bond acceptors (Lipinski definition) is 3. The highest BCUT2D eigenvalue weighted by Gasteiger charge is 2.21. The van der Waals surface area contributed by atoms with E-state index in [0.717, 1.165) is 0 Å². The zero-order valence-corrected chi connectivity index (χ0v) is 11.6. The molecule has 0 aliphatic heterocycles. The van der Waals surface area contributed by atoms with Crippen molar-refractivity contribution in [3.05, 3.63) is 29.8 Å². The molecule has 1 rings (SSSR count). The summed E-state index contributed by atoms with van der Waals surface area (Å²) in [7, 11) is 1.73. The predicted molar refractivity (Wildman–Crippen MR) is 75.6 cm³/mol. The first-order valence-electron chi connectivity index (χ1n) is 6.10. The van der Waals surface area contributed by atoms with Crippen molar-refractivity contribution in [2.75, 3.05) is 25.5 Å². The predicted octanol–water partition coefficient (Wildman–Crippen LogP) is 2.01. The molecule has 0 spiro atoms. The Morgan fingerprint density at radius 1 is 1.42 bits per heavy atom. The number of nitrogens with zero attached hydrogens (tertiary/aromatic N) is 2. The van der Waals surface area contributed by atoms with Crippen molar-refractivity contribution in [2.45, 2.75) is 13.8 Å². The third kappa shape index (κ3) is 4.60. The maximum Gasteiger partial charge on any atom is 0.321 e. The maximum absolute atomic E-state index is 12.0. The highest BCUT2D eigenvalue weighted by atomic mass is 16.2. The summed E-state index contributed by atoms with van der Waals surface area (Å²) in [5.41, 5.74) is 6.77. The van der Waals surface area contributed by atoms with E-state index in [4.69, 9.17) is 11.0 Å². The van der Waals surface area contributed by atoms with Gasteiger partial charge in [-0.15, -0.1) is 0 Å². The summed E-state index contributed by atoms with van der Waals surface area (Å²) >= 11 is 0. The van der Waals surface area contributed by atoms with Crippen LogP contribution in [0, 0.1) is 16.7 Å². The van der Waals surface area contributed by atoms with Gasteiger partial charge in [0, 0.05) is 19.3 Å². The largest absolute Gasteiger partial charge is 0.330 e. The monoisotopic (exact) mass is 260 g/mol. The van der Waals surface area contributed by atoms with Crippen molar-refractivity contribution < 1.29 is 4.79 Å². The van der Waals surface area contributed by atoms with Crippen LogP contribution in [0.2, 0.25) is 0 Å². The van der Waals surface area contributed by atoms with Gasteiger partial charge in [-0.1, -0.05) is 13.8 Å². The van der Waals surface area contributed by atoms with Crippen LogP contribution < -0.4 is 11.1 Å². The van der Waals surface area contributed by atoms with Gasteiger partial charge in [0.25, 0.3) is 0 Å². The molecule has 0 radical (unpaired) electrons. The van der Waals surface area contributed by atoms with Crippen LogP contribution in [0.4, 0.5) is 10.5 Å². The number of rotatable bonds is 4. The number of hydrogen-bond donors (Lipinski definition) is 2. The molecular formula is C14H20N4O. The van der Waals surface area contributed by atoms with E-state index in [1.54, 1.807) is 36.2 Å². The Balaban J connectivity index is 2.61. The van der Waals surface area contributed by atoms with E-state index < -0.39 is 0 Å². The summed E-state index contributed by atoms with van der Waals surface area (Å²) in [4.78, 5) is 13.6. The van der Waals surface area contributed by atoms with Gasteiger partial charge in [0.1, 0.15) is 0 Å². The Morgan fingerprint density at radius 3 is 2.47 bits per heavy atom. The molecule has 0 unspecified atom stereocenters. The zero-order valence-electron chi connectivity index (χ0n) is 11.6. The summed E-state index contributed by atoms with van der Waals surface area (Å²) in [6.07, 6.45) is 0. The highest BCUT2D eigenvalue weighted by Crippen LogP contribution is 2.15. The third-order valence-corrected chi connectivity index (χ3v) is 2.83. The van der Waals surface area contributed by atoms with E-state index in [-0.39, 0.29) is 11.4 Å². The molecule has 5 heteroatoms. The number of urea groups is 1. The van der Waals surface area contributed by atoms with Crippen LogP contribution in [0.3, 0.4) is 0 Å². The number of carbonyl (C=O) groups excluding carboxylic acids is 1. The summed E-state index contributed by atoms with van der Waals surface area (Å²) in [5.74, 6) is 0. The number of nitrogens with two attached hydrogens (primary N) is 1. The summed E-state index contributed by atoms with van der Waals surface area (Å²) in [6.45, 7) is 5.12. The molecule has 0 fully saturated rings. The fourth-order valence-corrected chi connectivity index (χ4v) is 1.63. The molecule has 0 saturated carbocycles. The normalized spacial score (nSPS) is 10.7. The van der Waals surface area contributed by atoms with Gasteiger partial charge >= 0.3 is 6.03 Å². The molecule has 102 valence electrons. The van der Waals surface area contributed by atoms with E-state index >= 15 is 0 Å². The first-order chi connectivity index (χ1) is 8.88. The lowest BCUT2D eigenvalue weighted by Gasteiger charge is -2.29. The molecule has 3 N–H and O–H groups in total. The highest BCUT2D eigenvalue weighted by molar-refractivity contribution is 5.89. The number of benzene rings is 1. The maximum atomic E-state index is 12.0. The van der Waals surface area contributed by atoms with Crippen LogP contribution in [0.25, 0.3) is 0 Å². The topological polar surface area (TPSA) is 82.2 Å². The number of nitrogens with one attached hydrogen (secondary N) is 1. The van der Waals surface area contributed by atoms with E-state index in [9.17, 15) is 4.79 Å². The van der Waals surface area contributed by atoms with Crippen molar-refractivity contribution in [3.8, 4) is 6.07 Å². The molecule has 0 heterocycles. The van der Waals surface area contributed by atoms with Crippen molar-refractivity contribution in [3.63, 3.8) is 0 Å². The lowest BCUT2D eigenvalue weighted by atomic mass is 9.93. The standard InChI is InChI=1S/C14H20N4O/c1-14(2,9-16)10-18(3)13(19)17-12-6-4-11(8-15)5-7-12/h4-7H,9-10,16H2,1-3H3,(H,17,19). The van der Waals surface area contributed by atoms with Crippen molar-refractivity contribution in [2.24, 2.45) is 11.1 Å². The average molecular weight is 260 g/mol. The van der Waals surface area contributed by atoms with Gasteiger partial charge in [-0.3, -0.25) is 0 Å². The third-order valence-electron chi connectivity index (χ3n) is 2.83. The molecule has 1 aromatic rings. The van der Waals surface area contributed by atoms with Gasteiger partial charge in [-0.05, 0) is 36.2 Å². The van der Waals surface area contributed by atoms with Gasteiger partial charge in [-0.25, -0.2) is 4.79 Å². The number of anilines is 1. The van der Waals surface area contributed by atoms with Crippen LogP contribution in [-0.4, -0.2) is 31.1 Å². The number of amides is 2. The summed E-state index contributed by atoms with van der Waals surface area (Å²) in [5, 5.41) is 11.5. The Kier molecular flexibility index (Phi) is 4.90. The molecule has 2 amide bonds. The lowest BCUT2D eigenvalue weighted by molar-refractivity contribution is 0.197. The fourth-order valence-electron chi connectivity index (χ4n) is 1.63. The minimum atomic E-state index is -0.189. The van der Waals surface area contributed by atoms with Crippen LogP contribution >= 0.6 is 0 Å². The van der Waals surface area contributed by atoms with Gasteiger partial charge in [-0.2, -0.15) is 5.26 Å². The second-order valence-corrected chi connectivity index (χ2v) is 5.34. The fraction of sp³-hybridized carbons (Fsp3) is 0.429. The second kappa shape index (κ2) is 6.21. The number of nitriles is 1. The quantitative estimate of drug-likeness (QED) is 0.868. The lowest BCUT2D eigenvalue weighted by Crippen LogP contribution is -2.41. The second-order valence-electron chi connectivity index (χ2n) is 5.34. The van der Waals surface area contributed by atoms with Crippen LogP contribution in [0.1, 0.15) is 19.4 Å². The first-order valence-corrected chi connectivity index (χ1v) is 6.10. The zero-order chi connectivity index (χ0) is 14.5. The average Bonchev–Trinajstić information content (AvgIpc) is 2.39. The van der Waals surface area contributed by atoms with E-state index in [2.05, 4.69) is 5.32 Å². The van der Waals surface area contributed by atoms with Crippen molar-refractivity contribution >= 4 is 11.7 Å². The smallest absolute Gasteiger partial charge is 0.321 e. The van der Waals surface area contributed by atoms with E-state index in [1.807, 2.05) is 19.9 Å². The Bertz CT molecular complexity index is 473. The van der Waals surface area contributed by atoms with Crippen molar-refractivity contribution in [1.82, 2.24) is 4.90 Å². The molecule has 19 heavy (non-hydrogen) atoms. The van der Waals surface area contributed by atoms with E-state index in [1.165, 1.54) is 0 Å². The molecule has 0 saturated heterocycles. The Morgan fingerprint density at radius 2 is 2.00 bits per heavy atom. The van der Waals surface area contributed by atoms with Gasteiger partial charge in [0.05, 0.1) is 11.6 Å². The molecule has 1 aromatic carbocycles. The molecule has 0 aliphatic carbocycles. The minimum Gasteiger partial charge on any atom is -0.330 e. The van der Waals surface area contributed by atoms with E-state index in [0.29, 0.717) is 24.3 Å². The van der Waals surface area contributed by atoms with Crippen LogP contribution in [0.15, 0.2) is 24.3 Å². The number of carbonyl (C=O) groups is 1. The molecule has 0 aromatic heterocycles. The van der Waals surface area contributed by atoms with Gasteiger partial charge in [0.15, 0.2) is 0 Å². The Labute approximate surface area is 114 Å². The molecular weight excluding hydrogens is 240 g/mol. The summed E-state index contributed by atoms with van der Waals surface area (Å²) < 4.78 is 0. The van der Waals surface area contributed by atoms with Crippen LogP contribution in [-0.2, 0) is 0 Å². The summed E-state index contributed by atoms with van der Waals surface area (Å²) in [6, 6.07) is 8.59. The molecule has 0 bridgehead atoms. The van der Waals surface area contributed by atoms with Crippen LogP contribution in [0.5, 0.6) is 0 Å². The first kappa shape index (κ1) is 15.0. The Hall–Kier alpha value is -2.06.